The first-order valence-electron chi connectivity index (χ1n) is 5.85. The number of sulfonamides is 1. The van der Waals surface area contributed by atoms with Gasteiger partial charge in [-0.15, -0.1) is 0 Å². The predicted molar refractivity (Wildman–Crippen MR) is 72.7 cm³/mol. The molecule has 1 aromatic rings. The number of nitrogens with two attached hydrogens (primary N) is 1. The first-order valence-corrected chi connectivity index (χ1v) is 7.40. The summed E-state index contributed by atoms with van der Waals surface area (Å²) in [4.78, 5) is 21.9. The van der Waals surface area contributed by atoms with Crippen LogP contribution < -0.4 is 10.5 Å². The zero-order chi connectivity index (χ0) is 15.3. The zero-order valence-electron chi connectivity index (χ0n) is 10.9. The summed E-state index contributed by atoms with van der Waals surface area (Å²) < 4.78 is 22.5. The number of amides is 1. The molecule has 0 fully saturated rings. The molecule has 0 saturated carbocycles. The highest BCUT2D eigenvalue weighted by atomic mass is 32.2. The van der Waals surface area contributed by atoms with Gasteiger partial charge in [0, 0.05) is 18.5 Å². The van der Waals surface area contributed by atoms with E-state index in [1.165, 1.54) is 18.2 Å². The third-order valence-corrected chi connectivity index (χ3v) is 3.52. The Balaban J connectivity index is 2.77. The molecule has 0 radical (unpaired) electrons. The van der Waals surface area contributed by atoms with E-state index >= 15 is 0 Å². The number of carbonyl (C=O) groups excluding carboxylic acids is 1. The summed E-state index contributed by atoms with van der Waals surface area (Å²) in [5.74, 6) is -1.34. The van der Waals surface area contributed by atoms with Gasteiger partial charge in [-0.25, -0.2) is 13.6 Å². The number of anilines is 1. The fraction of sp³-hybridized carbons (Fsp3) is 0.333. The van der Waals surface area contributed by atoms with Crippen molar-refractivity contribution < 1.29 is 23.1 Å². The summed E-state index contributed by atoms with van der Waals surface area (Å²) in [5, 5.41) is 16.0. The van der Waals surface area contributed by atoms with Gasteiger partial charge in [0.05, 0.1) is 4.90 Å². The lowest BCUT2D eigenvalue weighted by Gasteiger charge is -2.09. The van der Waals surface area contributed by atoms with Gasteiger partial charge in [-0.05, 0) is 31.0 Å². The third-order valence-electron chi connectivity index (χ3n) is 2.61. The van der Waals surface area contributed by atoms with Gasteiger partial charge in [-0.2, -0.15) is 0 Å². The SMILES string of the molecule is Cc1ccc(S(N)(=O)=O)cc1NC(=O)CCCC(=O)O. The van der Waals surface area contributed by atoms with Crippen molar-refractivity contribution in [3.05, 3.63) is 23.8 Å². The molecule has 0 atom stereocenters. The number of rotatable bonds is 6. The van der Waals surface area contributed by atoms with E-state index < -0.39 is 16.0 Å². The molecule has 0 bridgehead atoms. The normalized spacial score (nSPS) is 11.1. The number of carbonyl (C=O) groups is 2. The summed E-state index contributed by atoms with van der Waals surface area (Å²) >= 11 is 0. The van der Waals surface area contributed by atoms with Crippen LogP contribution in [0.15, 0.2) is 23.1 Å². The molecular weight excluding hydrogens is 284 g/mol. The lowest BCUT2D eigenvalue weighted by molar-refractivity contribution is -0.137. The van der Waals surface area contributed by atoms with Crippen LogP contribution in [0.1, 0.15) is 24.8 Å². The van der Waals surface area contributed by atoms with E-state index in [0.717, 1.165) is 0 Å². The summed E-state index contributed by atoms with van der Waals surface area (Å²) in [5.41, 5.74) is 1.03. The van der Waals surface area contributed by atoms with Crippen LogP contribution in [-0.2, 0) is 19.6 Å². The second-order valence-electron chi connectivity index (χ2n) is 4.32. The average molecular weight is 300 g/mol. The van der Waals surface area contributed by atoms with E-state index in [9.17, 15) is 18.0 Å². The van der Waals surface area contributed by atoms with Crippen molar-refractivity contribution in [3.8, 4) is 0 Å². The van der Waals surface area contributed by atoms with Crippen molar-refractivity contribution in [3.63, 3.8) is 0 Å². The highest BCUT2D eigenvalue weighted by molar-refractivity contribution is 7.89. The fourth-order valence-electron chi connectivity index (χ4n) is 1.53. The second kappa shape index (κ2) is 6.49. The Hall–Kier alpha value is -1.93. The van der Waals surface area contributed by atoms with Gasteiger partial charge in [-0.3, -0.25) is 9.59 Å². The zero-order valence-corrected chi connectivity index (χ0v) is 11.7. The maximum atomic E-state index is 11.6. The molecule has 1 aromatic carbocycles. The van der Waals surface area contributed by atoms with Gasteiger partial charge in [0.25, 0.3) is 0 Å². The van der Waals surface area contributed by atoms with Gasteiger partial charge in [0.2, 0.25) is 15.9 Å². The number of hydrogen-bond donors (Lipinski definition) is 3. The first kappa shape index (κ1) is 16.1. The monoisotopic (exact) mass is 300 g/mol. The topological polar surface area (TPSA) is 127 Å². The molecule has 0 unspecified atom stereocenters. The van der Waals surface area contributed by atoms with Crippen molar-refractivity contribution in [2.24, 2.45) is 5.14 Å². The van der Waals surface area contributed by atoms with Crippen molar-refractivity contribution in [1.29, 1.82) is 0 Å². The number of hydrogen-bond acceptors (Lipinski definition) is 4. The number of nitrogens with one attached hydrogen (secondary N) is 1. The number of aryl methyl sites for hydroxylation is 1. The molecule has 8 heteroatoms. The van der Waals surface area contributed by atoms with Crippen LogP contribution in [-0.4, -0.2) is 25.4 Å². The Kier molecular flexibility index (Phi) is 5.23. The molecular formula is C12H16N2O5S. The Morgan fingerprint density at radius 3 is 2.50 bits per heavy atom. The summed E-state index contributed by atoms with van der Waals surface area (Å²) in [6.07, 6.45) is 0.171. The van der Waals surface area contributed by atoms with Gasteiger partial charge in [0.15, 0.2) is 0 Å². The van der Waals surface area contributed by atoms with Crippen molar-refractivity contribution >= 4 is 27.6 Å². The smallest absolute Gasteiger partial charge is 0.303 e. The van der Waals surface area contributed by atoms with Crippen LogP contribution in [0.25, 0.3) is 0 Å². The van der Waals surface area contributed by atoms with Crippen molar-refractivity contribution in [2.45, 2.75) is 31.1 Å². The summed E-state index contributed by atoms with van der Waals surface area (Å²) in [7, 11) is -3.84. The largest absolute Gasteiger partial charge is 0.481 e. The molecule has 0 aliphatic heterocycles. The fourth-order valence-corrected chi connectivity index (χ4v) is 2.07. The first-order chi connectivity index (χ1) is 9.20. The van der Waals surface area contributed by atoms with Crippen LogP contribution in [0.4, 0.5) is 5.69 Å². The second-order valence-corrected chi connectivity index (χ2v) is 5.88. The number of primary sulfonamides is 1. The maximum Gasteiger partial charge on any atom is 0.303 e. The molecule has 1 amide bonds. The summed E-state index contributed by atoms with van der Waals surface area (Å²) in [6, 6.07) is 4.16. The lowest BCUT2D eigenvalue weighted by atomic mass is 10.2. The minimum atomic E-state index is -3.84. The van der Waals surface area contributed by atoms with Crippen LogP contribution in [0.5, 0.6) is 0 Å². The van der Waals surface area contributed by atoms with Gasteiger partial charge in [0.1, 0.15) is 0 Å². The third kappa shape index (κ3) is 4.98. The quantitative estimate of drug-likeness (QED) is 0.717. The lowest BCUT2D eigenvalue weighted by Crippen LogP contribution is -2.15. The van der Waals surface area contributed by atoms with Crippen LogP contribution >= 0.6 is 0 Å². The van der Waals surface area contributed by atoms with Crippen LogP contribution in [0.3, 0.4) is 0 Å². The summed E-state index contributed by atoms with van der Waals surface area (Å²) in [6.45, 7) is 1.71. The molecule has 0 saturated heterocycles. The van der Waals surface area contributed by atoms with Crippen molar-refractivity contribution in [2.75, 3.05) is 5.32 Å². The predicted octanol–water partition coefficient (Wildman–Crippen LogP) is 0.836. The molecule has 110 valence electrons. The molecule has 0 aromatic heterocycles. The molecule has 0 aliphatic carbocycles. The van der Waals surface area contributed by atoms with Crippen molar-refractivity contribution in [1.82, 2.24) is 0 Å². The highest BCUT2D eigenvalue weighted by Gasteiger charge is 2.12. The van der Waals surface area contributed by atoms with Gasteiger partial charge in [-0.1, -0.05) is 6.07 Å². The molecule has 4 N–H and O–H groups in total. The van der Waals surface area contributed by atoms with Crippen LogP contribution in [0.2, 0.25) is 0 Å². The van der Waals surface area contributed by atoms with E-state index in [0.29, 0.717) is 11.3 Å². The molecule has 20 heavy (non-hydrogen) atoms. The Morgan fingerprint density at radius 1 is 1.30 bits per heavy atom. The van der Waals surface area contributed by atoms with Crippen LogP contribution in [0, 0.1) is 6.92 Å². The highest BCUT2D eigenvalue weighted by Crippen LogP contribution is 2.19. The molecule has 0 spiro atoms. The number of benzene rings is 1. The Labute approximate surface area is 116 Å². The van der Waals surface area contributed by atoms with E-state index in [-0.39, 0.29) is 30.1 Å². The van der Waals surface area contributed by atoms with E-state index in [1.807, 2.05) is 0 Å². The Bertz CT molecular complexity index is 625. The molecule has 1 rings (SSSR count). The Morgan fingerprint density at radius 2 is 1.95 bits per heavy atom. The maximum absolute atomic E-state index is 11.6. The van der Waals surface area contributed by atoms with E-state index in [1.54, 1.807) is 6.92 Å². The number of carboxylic acids is 1. The van der Waals surface area contributed by atoms with Gasteiger partial charge < -0.3 is 10.4 Å². The molecule has 0 aliphatic rings. The number of aliphatic carboxylic acids is 1. The minimum Gasteiger partial charge on any atom is -0.481 e. The molecule has 7 nitrogen and oxygen atoms in total. The minimum absolute atomic E-state index is 0.0470. The van der Waals surface area contributed by atoms with Gasteiger partial charge >= 0.3 is 5.97 Å². The molecule has 0 heterocycles. The average Bonchev–Trinajstić information content (AvgIpc) is 2.30. The number of carboxylic acid groups (broad SMARTS) is 1. The van der Waals surface area contributed by atoms with E-state index in [2.05, 4.69) is 5.32 Å². The van der Waals surface area contributed by atoms with E-state index in [4.69, 9.17) is 10.2 Å². The standard InChI is InChI=1S/C12H16N2O5S/c1-8-5-6-9(20(13,18)19)7-10(8)14-11(15)3-2-4-12(16)17/h5-7H,2-4H2,1H3,(H,14,15)(H,16,17)(H2,13,18,19).